The summed E-state index contributed by atoms with van der Waals surface area (Å²) < 4.78 is 11.0. The lowest BCUT2D eigenvalue weighted by atomic mass is 10.2. The molecule has 106 valence electrons. The van der Waals surface area contributed by atoms with Crippen molar-refractivity contribution in [2.45, 2.75) is 0 Å². The number of ether oxygens (including phenoxy) is 2. The van der Waals surface area contributed by atoms with Crippen LogP contribution in [0.2, 0.25) is 0 Å². The average molecular weight is 266 g/mol. The first-order valence-corrected chi connectivity index (χ1v) is 6.60. The van der Waals surface area contributed by atoms with Crippen LogP contribution in [-0.4, -0.2) is 58.7 Å². The van der Waals surface area contributed by atoms with Crippen molar-refractivity contribution in [3.8, 4) is 5.75 Å². The molecule has 1 aromatic rings. The number of nitrogens with zero attached hydrogens (tertiary/aromatic N) is 2. The Labute approximate surface area is 114 Å². The molecule has 0 saturated heterocycles. The van der Waals surface area contributed by atoms with E-state index in [0.717, 1.165) is 30.2 Å². The zero-order valence-corrected chi connectivity index (χ0v) is 11.6. The van der Waals surface area contributed by atoms with Gasteiger partial charge in [0.05, 0.1) is 32.1 Å². The molecule has 0 fully saturated rings. The average Bonchev–Trinajstić information content (AvgIpc) is 2.43. The molecule has 1 aromatic carbocycles. The van der Waals surface area contributed by atoms with E-state index >= 15 is 0 Å². The van der Waals surface area contributed by atoms with E-state index in [9.17, 15) is 0 Å². The molecule has 5 heteroatoms. The molecule has 0 amide bonds. The Balaban J connectivity index is 2.02. The number of hydrogen-bond donors (Lipinski definition) is 1. The second-order valence-corrected chi connectivity index (χ2v) is 4.72. The highest BCUT2D eigenvalue weighted by Gasteiger charge is 2.18. The van der Waals surface area contributed by atoms with Crippen LogP contribution in [0, 0.1) is 0 Å². The minimum Gasteiger partial charge on any atom is -0.489 e. The van der Waals surface area contributed by atoms with Crippen LogP contribution in [0.5, 0.6) is 5.75 Å². The Morgan fingerprint density at radius 2 is 2.21 bits per heavy atom. The van der Waals surface area contributed by atoms with Crippen LogP contribution in [0.4, 0.5) is 11.4 Å². The van der Waals surface area contributed by atoms with Crippen molar-refractivity contribution in [2.75, 3.05) is 63.4 Å². The number of rotatable bonds is 6. The third-order valence-corrected chi connectivity index (χ3v) is 3.16. The maximum absolute atomic E-state index is 8.68. The number of hydrogen-bond acceptors (Lipinski definition) is 5. The molecule has 2 rings (SSSR count). The summed E-state index contributed by atoms with van der Waals surface area (Å²) in [6, 6.07) is 6.25. The van der Waals surface area contributed by atoms with Crippen LogP contribution in [0.1, 0.15) is 0 Å². The topological polar surface area (TPSA) is 45.2 Å². The standard InChI is InChI=1S/C14H22N2O3/c1-15(2)12-3-4-13-14(11-12)19-9-6-16(13)5-8-18-10-7-17/h3-4,11,17H,5-10H2,1-2H3. The van der Waals surface area contributed by atoms with Crippen LogP contribution in [0.15, 0.2) is 18.2 Å². The van der Waals surface area contributed by atoms with E-state index < -0.39 is 0 Å². The maximum atomic E-state index is 8.68. The lowest BCUT2D eigenvalue weighted by Gasteiger charge is -2.32. The van der Waals surface area contributed by atoms with E-state index in [4.69, 9.17) is 14.6 Å². The quantitative estimate of drug-likeness (QED) is 0.777. The van der Waals surface area contributed by atoms with E-state index in [-0.39, 0.29) is 6.61 Å². The monoisotopic (exact) mass is 266 g/mol. The number of benzene rings is 1. The fraction of sp³-hybridized carbons (Fsp3) is 0.571. The van der Waals surface area contributed by atoms with Crippen LogP contribution >= 0.6 is 0 Å². The smallest absolute Gasteiger partial charge is 0.144 e. The summed E-state index contributed by atoms with van der Waals surface area (Å²) in [6.45, 7) is 3.48. The molecule has 0 aromatic heterocycles. The minimum atomic E-state index is 0.0753. The molecule has 1 aliphatic heterocycles. The van der Waals surface area contributed by atoms with Gasteiger partial charge in [0.15, 0.2) is 0 Å². The van der Waals surface area contributed by atoms with Gasteiger partial charge < -0.3 is 24.4 Å². The van der Waals surface area contributed by atoms with Gasteiger partial charge in [0.25, 0.3) is 0 Å². The molecule has 1 N–H and O–H groups in total. The van der Waals surface area contributed by atoms with Gasteiger partial charge in [-0.2, -0.15) is 0 Å². The van der Waals surface area contributed by atoms with E-state index in [1.165, 1.54) is 0 Å². The Morgan fingerprint density at radius 3 is 2.95 bits per heavy atom. The van der Waals surface area contributed by atoms with Crippen molar-refractivity contribution >= 4 is 11.4 Å². The molecule has 0 saturated carbocycles. The molecule has 0 radical (unpaired) electrons. The number of anilines is 2. The van der Waals surface area contributed by atoms with Gasteiger partial charge >= 0.3 is 0 Å². The zero-order chi connectivity index (χ0) is 13.7. The largest absolute Gasteiger partial charge is 0.489 e. The Morgan fingerprint density at radius 1 is 1.37 bits per heavy atom. The molecule has 0 bridgehead atoms. The summed E-state index contributed by atoms with van der Waals surface area (Å²) in [5.41, 5.74) is 2.25. The highest BCUT2D eigenvalue weighted by Crippen LogP contribution is 2.34. The second-order valence-electron chi connectivity index (χ2n) is 4.72. The Kier molecular flexibility index (Phi) is 4.87. The fourth-order valence-electron chi connectivity index (χ4n) is 2.12. The molecule has 0 spiro atoms. The number of fused-ring (bicyclic) bond motifs is 1. The third kappa shape index (κ3) is 3.52. The molecule has 1 heterocycles. The highest BCUT2D eigenvalue weighted by atomic mass is 16.5. The lowest BCUT2D eigenvalue weighted by Crippen LogP contribution is -2.35. The van der Waals surface area contributed by atoms with E-state index in [0.29, 0.717) is 19.8 Å². The molecule has 1 aliphatic rings. The summed E-state index contributed by atoms with van der Waals surface area (Å²) in [7, 11) is 4.04. The molecular formula is C14H22N2O3. The molecule has 0 unspecified atom stereocenters. The second kappa shape index (κ2) is 6.63. The van der Waals surface area contributed by atoms with Gasteiger partial charge in [-0.3, -0.25) is 0 Å². The van der Waals surface area contributed by atoms with Crippen LogP contribution in [0.25, 0.3) is 0 Å². The van der Waals surface area contributed by atoms with Crippen molar-refractivity contribution in [3.05, 3.63) is 18.2 Å². The van der Waals surface area contributed by atoms with Crippen molar-refractivity contribution in [3.63, 3.8) is 0 Å². The summed E-state index contributed by atoms with van der Waals surface area (Å²) in [5.74, 6) is 0.930. The van der Waals surface area contributed by atoms with Gasteiger partial charge in [0, 0.05) is 32.4 Å². The van der Waals surface area contributed by atoms with Gasteiger partial charge in [-0.1, -0.05) is 0 Å². The molecular weight excluding hydrogens is 244 g/mol. The fourth-order valence-corrected chi connectivity index (χ4v) is 2.12. The van der Waals surface area contributed by atoms with Gasteiger partial charge in [0.1, 0.15) is 12.4 Å². The normalized spacial score (nSPS) is 13.9. The zero-order valence-electron chi connectivity index (χ0n) is 11.6. The predicted octanol–water partition coefficient (Wildman–Crippen LogP) is 0.960. The van der Waals surface area contributed by atoms with E-state index in [1.54, 1.807) is 0 Å². The SMILES string of the molecule is CN(C)c1ccc2c(c1)OCCN2CCOCCO. The van der Waals surface area contributed by atoms with Gasteiger partial charge in [-0.05, 0) is 12.1 Å². The van der Waals surface area contributed by atoms with Crippen LogP contribution < -0.4 is 14.5 Å². The van der Waals surface area contributed by atoms with E-state index in [2.05, 4.69) is 28.0 Å². The Hall–Kier alpha value is -1.46. The number of aliphatic hydroxyl groups is 1. The van der Waals surface area contributed by atoms with Crippen molar-refractivity contribution in [2.24, 2.45) is 0 Å². The first-order chi connectivity index (χ1) is 9.22. The lowest BCUT2D eigenvalue weighted by molar-refractivity contribution is 0.0959. The van der Waals surface area contributed by atoms with Crippen LogP contribution in [0.3, 0.4) is 0 Å². The summed E-state index contributed by atoms with van der Waals surface area (Å²) in [6.07, 6.45) is 0. The summed E-state index contributed by atoms with van der Waals surface area (Å²) in [5, 5.41) is 8.68. The maximum Gasteiger partial charge on any atom is 0.144 e. The first kappa shape index (κ1) is 14.0. The van der Waals surface area contributed by atoms with Gasteiger partial charge in [0.2, 0.25) is 0 Å². The Bertz CT molecular complexity index is 410. The van der Waals surface area contributed by atoms with Gasteiger partial charge in [-0.25, -0.2) is 0 Å². The van der Waals surface area contributed by atoms with Crippen molar-refractivity contribution < 1.29 is 14.6 Å². The van der Waals surface area contributed by atoms with Crippen molar-refractivity contribution in [1.29, 1.82) is 0 Å². The summed E-state index contributed by atoms with van der Waals surface area (Å²) in [4.78, 5) is 4.32. The van der Waals surface area contributed by atoms with Crippen LogP contribution in [-0.2, 0) is 4.74 Å². The predicted molar refractivity (Wildman–Crippen MR) is 76.4 cm³/mol. The molecule has 0 aliphatic carbocycles. The highest BCUT2D eigenvalue weighted by molar-refractivity contribution is 5.66. The third-order valence-electron chi connectivity index (χ3n) is 3.16. The van der Waals surface area contributed by atoms with Crippen molar-refractivity contribution in [1.82, 2.24) is 0 Å². The molecule has 19 heavy (non-hydrogen) atoms. The summed E-state index contributed by atoms with van der Waals surface area (Å²) >= 11 is 0. The first-order valence-electron chi connectivity index (χ1n) is 6.60. The number of aliphatic hydroxyl groups excluding tert-OH is 1. The molecule has 0 atom stereocenters. The molecule has 5 nitrogen and oxygen atoms in total. The van der Waals surface area contributed by atoms with Gasteiger partial charge in [-0.15, -0.1) is 0 Å². The van der Waals surface area contributed by atoms with E-state index in [1.807, 2.05) is 14.1 Å². The minimum absolute atomic E-state index is 0.0753.